The molecule has 0 saturated carbocycles. The number of nitrogens with one attached hydrogen (secondary N) is 3. The predicted molar refractivity (Wildman–Crippen MR) is 95.5 cm³/mol. The zero-order valence-electron chi connectivity index (χ0n) is 13.1. The van der Waals surface area contributed by atoms with E-state index >= 15 is 0 Å². The Balaban J connectivity index is 1.64. The second kappa shape index (κ2) is 6.44. The molecule has 1 aromatic heterocycles. The van der Waals surface area contributed by atoms with Gasteiger partial charge < -0.3 is 9.73 Å². The molecule has 2 aliphatic heterocycles. The van der Waals surface area contributed by atoms with Gasteiger partial charge in [0.05, 0.1) is 17.2 Å². The van der Waals surface area contributed by atoms with Crippen LogP contribution in [0.2, 0.25) is 5.02 Å². The molecule has 2 fully saturated rings. The van der Waals surface area contributed by atoms with Gasteiger partial charge in [-0.15, -0.1) is 11.8 Å². The fraction of sp³-hybridized carbons (Fsp3) is 0.353. The van der Waals surface area contributed by atoms with Gasteiger partial charge in [-0.1, -0.05) is 11.6 Å². The van der Waals surface area contributed by atoms with Crippen LogP contribution in [0, 0.1) is 5.92 Å². The fourth-order valence-electron chi connectivity index (χ4n) is 3.31. The summed E-state index contributed by atoms with van der Waals surface area (Å²) in [7, 11) is 0. The van der Waals surface area contributed by atoms with E-state index in [2.05, 4.69) is 23.1 Å². The summed E-state index contributed by atoms with van der Waals surface area (Å²) in [6.45, 7) is 2.12. The molecule has 4 unspecified atom stereocenters. The normalized spacial score (nSPS) is 29.8. The van der Waals surface area contributed by atoms with Crippen LogP contribution in [0.4, 0.5) is 0 Å². The average Bonchev–Trinajstić information content (AvgIpc) is 3.14. The van der Waals surface area contributed by atoms with Crippen LogP contribution in [0.3, 0.4) is 0 Å². The second-order valence-corrected chi connectivity index (χ2v) is 7.71. The van der Waals surface area contributed by atoms with Crippen molar-refractivity contribution < 1.29 is 9.21 Å². The Bertz CT molecular complexity index is 749. The van der Waals surface area contributed by atoms with Gasteiger partial charge in [0.15, 0.2) is 0 Å². The molecule has 0 radical (unpaired) electrons. The van der Waals surface area contributed by atoms with Crippen molar-refractivity contribution in [1.82, 2.24) is 16.2 Å². The smallest absolute Gasteiger partial charge is 0.231 e. The van der Waals surface area contributed by atoms with E-state index in [0.29, 0.717) is 10.8 Å². The second-order valence-electron chi connectivity index (χ2n) is 6.14. The van der Waals surface area contributed by atoms with Gasteiger partial charge >= 0.3 is 0 Å². The Morgan fingerprint density at radius 2 is 1.96 bits per heavy atom. The number of benzene rings is 1. The highest BCUT2D eigenvalue weighted by Crippen LogP contribution is 2.43. The average molecular weight is 364 g/mol. The number of rotatable bonds is 2. The van der Waals surface area contributed by atoms with E-state index in [0.717, 1.165) is 17.1 Å². The number of halogens is 1. The van der Waals surface area contributed by atoms with Gasteiger partial charge in [0, 0.05) is 22.5 Å². The molecule has 0 spiro atoms. The minimum Gasteiger partial charge on any atom is -0.460 e. The van der Waals surface area contributed by atoms with E-state index < -0.39 is 0 Å². The van der Waals surface area contributed by atoms with Crippen molar-refractivity contribution in [1.29, 1.82) is 0 Å². The molecule has 5 nitrogen and oxygen atoms in total. The Morgan fingerprint density at radius 1 is 1.17 bits per heavy atom. The van der Waals surface area contributed by atoms with Crippen molar-refractivity contribution in [2.45, 2.75) is 24.4 Å². The molecule has 7 heteroatoms. The summed E-state index contributed by atoms with van der Waals surface area (Å²) in [5.41, 5.74) is 7.38. The summed E-state index contributed by atoms with van der Waals surface area (Å²) in [6, 6.07) is 11.8. The minimum atomic E-state index is -0.0865. The maximum atomic E-state index is 11.9. The Labute approximate surface area is 149 Å². The SMILES string of the molecule is CC1NNC2NC(=O)CSC(c3ccc(-c4ccc(Cl)cc4)o3)C12. The summed E-state index contributed by atoms with van der Waals surface area (Å²) >= 11 is 7.58. The molecule has 2 aromatic rings. The molecule has 4 rings (SSSR count). The maximum Gasteiger partial charge on any atom is 0.231 e. The number of carbonyl (C=O) groups is 1. The van der Waals surface area contributed by atoms with Crippen molar-refractivity contribution >= 4 is 29.3 Å². The van der Waals surface area contributed by atoms with Crippen LogP contribution in [0.1, 0.15) is 17.9 Å². The molecule has 3 N–H and O–H groups in total. The number of carbonyl (C=O) groups excluding carboxylic acids is 1. The van der Waals surface area contributed by atoms with Crippen molar-refractivity contribution in [2.75, 3.05) is 5.75 Å². The summed E-state index contributed by atoms with van der Waals surface area (Å²) in [6.07, 6.45) is -0.0865. The van der Waals surface area contributed by atoms with Crippen LogP contribution in [-0.2, 0) is 4.79 Å². The predicted octanol–water partition coefficient (Wildman–Crippen LogP) is 2.94. The van der Waals surface area contributed by atoms with E-state index in [1.807, 2.05) is 36.4 Å². The highest BCUT2D eigenvalue weighted by molar-refractivity contribution is 8.00. The van der Waals surface area contributed by atoms with E-state index in [1.165, 1.54) is 0 Å². The van der Waals surface area contributed by atoms with Crippen molar-refractivity contribution in [3.05, 3.63) is 47.2 Å². The number of amides is 1. The van der Waals surface area contributed by atoms with Gasteiger partial charge in [-0.05, 0) is 43.3 Å². The zero-order chi connectivity index (χ0) is 16.7. The van der Waals surface area contributed by atoms with Gasteiger partial charge in [0.2, 0.25) is 5.91 Å². The molecule has 24 heavy (non-hydrogen) atoms. The first-order chi connectivity index (χ1) is 11.6. The lowest BCUT2D eigenvalue weighted by molar-refractivity contribution is -0.119. The first-order valence-electron chi connectivity index (χ1n) is 7.89. The maximum absolute atomic E-state index is 11.9. The monoisotopic (exact) mass is 363 g/mol. The largest absolute Gasteiger partial charge is 0.460 e. The molecular weight excluding hydrogens is 346 g/mol. The molecule has 126 valence electrons. The van der Waals surface area contributed by atoms with Gasteiger partial charge in [-0.3, -0.25) is 10.2 Å². The quantitative estimate of drug-likeness (QED) is 0.765. The number of hydrogen-bond acceptors (Lipinski definition) is 5. The third-order valence-electron chi connectivity index (χ3n) is 4.52. The highest BCUT2D eigenvalue weighted by Gasteiger charge is 2.44. The van der Waals surface area contributed by atoms with Crippen molar-refractivity contribution in [2.24, 2.45) is 5.92 Å². The Morgan fingerprint density at radius 3 is 2.75 bits per heavy atom. The molecule has 2 saturated heterocycles. The van der Waals surface area contributed by atoms with Crippen LogP contribution < -0.4 is 16.2 Å². The zero-order valence-corrected chi connectivity index (χ0v) is 14.7. The number of hydrazine groups is 1. The topological polar surface area (TPSA) is 66.3 Å². The number of hydrogen-bond donors (Lipinski definition) is 3. The van der Waals surface area contributed by atoms with Crippen LogP contribution >= 0.6 is 23.4 Å². The van der Waals surface area contributed by atoms with Gasteiger partial charge in [0.1, 0.15) is 11.5 Å². The highest BCUT2D eigenvalue weighted by atomic mass is 35.5. The lowest BCUT2D eigenvalue weighted by Crippen LogP contribution is -2.46. The number of fused-ring (bicyclic) bond motifs is 1. The Hall–Kier alpha value is -1.47. The summed E-state index contributed by atoms with van der Waals surface area (Å²) in [5, 5.41) is 3.83. The number of furan rings is 1. The first kappa shape index (κ1) is 16.0. The molecule has 1 amide bonds. The fourth-order valence-corrected chi connectivity index (χ4v) is 4.76. The lowest BCUT2D eigenvalue weighted by Gasteiger charge is -2.25. The van der Waals surface area contributed by atoms with Crippen LogP contribution in [-0.4, -0.2) is 23.9 Å². The number of thioether (sulfide) groups is 1. The summed E-state index contributed by atoms with van der Waals surface area (Å²) in [5.74, 6) is 2.40. The van der Waals surface area contributed by atoms with E-state index in [1.54, 1.807) is 11.8 Å². The lowest BCUT2D eigenvalue weighted by atomic mass is 9.94. The van der Waals surface area contributed by atoms with Gasteiger partial charge in [0.25, 0.3) is 0 Å². The van der Waals surface area contributed by atoms with Crippen LogP contribution in [0.15, 0.2) is 40.8 Å². The van der Waals surface area contributed by atoms with Gasteiger partial charge in [-0.25, -0.2) is 5.43 Å². The summed E-state index contributed by atoms with van der Waals surface area (Å²) in [4.78, 5) is 11.9. The molecule has 4 atom stereocenters. The first-order valence-corrected chi connectivity index (χ1v) is 9.32. The third kappa shape index (κ3) is 2.95. The third-order valence-corrected chi connectivity index (χ3v) is 6.11. The van der Waals surface area contributed by atoms with Gasteiger partial charge in [-0.2, -0.15) is 0 Å². The Kier molecular flexibility index (Phi) is 4.30. The molecule has 1 aromatic carbocycles. The molecule has 0 bridgehead atoms. The van der Waals surface area contributed by atoms with Crippen LogP contribution in [0.25, 0.3) is 11.3 Å². The van der Waals surface area contributed by atoms with Crippen molar-refractivity contribution in [3.63, 3.8) is 0 Å². The van der Waals surface area contributed by atoms with E-state index in [9.17, 15) is 4.79 Å². The van der Waals surface area contributed by atoms with Crippen LogP contribution in [0.5, 0.6) is 0 Å². The van der Waals surface area contributed by atoms with E-state index in [-0.39, 0.29) is 29.3 Å². The minimum absolute atomic E-state index is 0.0466. The molecule has 2 aliphatic rings. The van der Waals surface area contributed by atoms with Crippen molar-refractivity contribution in [3.8, 4) is 11.3 Å². The van der Waals surface area contributed by atoms with E-state index in [4.69, 9.17) is 16.0 Å². The molecule has 0 aliphatic carbocycles. The summed E-state index contributed by atoms with van der Waals surface area (Å²) < 4.78 is 6.14. The standard InChI is InChI=1S/C17H18ClN3O2S/c1-9-15-16(24-8-14(22)19-17(15)21-20-9)13-7-6-12(23-13)10-2-4-11(18)5-3-10/h2-7,9,15-17,20-21H,8H2,1H3,(H,19,22). The molecular formula is C17H18ClN3O2S. The molecule has 3 heterocycles.